The molecule has 1 aliphatic rings. The predicted octanol–water partition coefficient (Wildman–Crippen LogP) is 1.33. The summed E-state index contributed by atoms with van der Waals surface area (Å²) in [6, 6.07) is 1.45. The van der Waals surface area contributed by atoms with Crippen molar-refractivity contribution in [1.82, 2.24) is 9.55 Å². The van der Waals surface area contributed by atoms with E-state index in [1.807, 2.05) is 0 Å². The van der Waals surface area contributed by atoms with Gasteiger partial charge in [-0.2, -0.15) is 4.98 Å². The van der Waals surface area contributed by atoms with Crippen LogP contribution in [0.3, 0.4) is 0 Å². The second kappa shape index (κ2) is 6.45. The number of nitrogens with zero attached hydrogens (tertiary/aromatic N) is 2. The maximum atomic E-state index is 13.7. The maximum Gasteiger partial charge on any atom is 0.351 e. The summed E-state index contributed by atoms with van der Waals surface area (Å²) in [4.78, 5) is 15.3. The predicted molar refractivity (Wildman–Crippen MR) is 77.4 cm³/mol. The molecule has 1 aromatic heterocycles. The van der Waals surface area contributed by atoms with Gasteiger partial charge in [-0.3, -0.25) is 13.7 Å². The summed E-state index contributed by atoms with van der Waals surface area (Å²) in [6.45, 7) is 4.07. The summed E-state index contributed by atoms with van der Waals surface area (Å²) >= 11 is 0. The van der Waals surface area contributed by atoms with Gasteiger partial charge in [-0.15, -0.1) is 0 Å². The number of ether oxygens (including phenoxy) is 1. The minimum atomic E-state index is -3.28. The Morgan fingerprint density at radius 2 is 2.27 bits per heavy atom. The van der Waals surface area contributed by atoms with Gasteiger partial charge in [0.2, 0.25) is 0 Å². The summed E-state index contributed by atoms with van der Waals surface area (Å²) < 4.78 is 42.5. The van der Waals surface area contributed by atoms with Crippen LogP contribution >= 0.6 is 7.60 Å². The van der Waals surface area contributed by atoms with Crippen LogP contribution in [0.25, 0.3) is 0 Å². The van der Waals surface area contributed by atoms with Crippen LogP contribution in [0.2, 0.25) is 0 Å². The molecule has 1 aliphatic heterocycles. The van der Waals surface area contributed by atoms with Crippen molar-refractivity contribution in [2.75, 3.05) is 19.0 Å². The Labute approximate surface area is 126 Å². The van der Waals surface area contributed by atoms with Crippen molar-refractivity contribution >= 4 is 13.4 Å². The summed E-state index contributed by atoms with van der Waals surface area (Å²) in [6.07, 6.45) is -2.56. The molecule has 0 saturated carbocycles. The van der Waals surface area contributed by atoms with Crippen LogP contribution in [0, 0.1) is 0 Å². The van der Waals surface area contributed by atoms with Gasteiger partial charge in [-0.1, -0.05) is 0 Å². The third kappa shape index (κ3) is 3.92. The molecule has 1 fully saturated rings. The summed E-state index contributed by atoms with van der Waals surface area (Å²) in [5.41, 5.74) is 4.83. The molecule has 0 radical (unpaired) electrons. The number of nitrogens with two attached hydrogens (primary N) is 1. The van der Waals surface area contributed by atoms with E-state index in [4.69, 9.17) is 19.5 Å². The van der Waals surface area contributed by atoms with Crippen LogP contribution in [-0.2, 0) is 18.3 Å². The molecule has 0 aromatic carbocycles. The lowest BCUT2D eigenvalue weighted by Gasteiger charge is -2.36. The minimum Gasteiger partial charge on any atom is -0.383 e. The molecule has 0 aliphatic carbocycles. The summed E-state index contributed by atoms with van der Waals surface area (Å²) in [7, 11) is -3.28. The normalized spacial score (nSPS) is 31.6. The second-order valence-corrected chi connectivity index (χ2v) is 7.14. The van der Waals surface area contributed by atoms with Crippen molar-refractivity contribution in [1.29, 1.82) is 0 Å². The first-order valence-corrected chi connectivity index (χ1v) is 8.73. The van der Waals surface area contributed by atoms with Crippen molar-refractivity contribution in [3.05, 3.63) is 22.7 Å². The molecule has 1 aromatic rings. The van der Waals surface area contributed by atoms with Gasteiger partial charge in [-0.25, -0.2) is 9.18 Å². The zero-order valence-electron chi connectivity index (χ0n) is 12.5. The Balaban J connectivity index is 2.14. The van der Waals surface area contributed by atoms with Crippen molar-refractivity contribution in [3.63, 3.8) is 0 Å². The van der Waals surface area contributed by atoms with Crippen molar-refractivity contribution in [2.45, 2.75) is 38.5 Å². The van der Waals surface area contributed by atoms with E-state index < -0.39 is 37.9 Å². The standard InChI is InChI=1S/C12H19FN3O5P/c1-7(13)11-9(6-19-22(3,18)21-11)20-8(2)16-5-4-10(14)15-12(16)17/h4-5,7-9,11H,6H2,1-3H3,(H2,14,15,17)/t7?,8-,9-,11?,22?/m1/s1. The van der Waals surface area contributed by atoms with Gasteiger partial charge in [0.1, 0.15) is 30.4 Å². The highest BCUT2D eigenvalue weighted by molar-refractivity contribution is 7.53. The summed E-state index contributed by atoms with van der Waals surface area (Å²) in [5.74, 6) is 0.0972. The van der Waals surface area contributed by atoms with E-state index in [9.17, 15) is 13.8 Å². The van der Waals surface area contributed by atoms with Crippen LogP contribution in [0.15, 0.2) is 17.1 Å². The van der Waals surface area contributed by atoms with Gasteiger partial charge in [0.15, 0.2) is 0 Å². The molecule has 0 amide bonds. The zero-order chi connectivity index (χ0) is 16.5. The van der Waals surface area contributed by atoms with E-state index in [2.05, 4.69) is 4.98 Å². The van der Waals surface area contributed by atoms with Crippen molar-refractivity contribution in [2.24, 2.45) is 0 Å². The van der Waals surface area contributed by atoms with Crippen LogP contribution in [0.5, 0.6) is 0 Å². The number of hydrogen-bond donors (Lipinski definition) is 1. The lowest BCUT2D eigenvalue weighted by molar-refractivity contribution is -0.142. The van der Waals surface area contributed by atoms with Gasteiger partial charge in [0.05, 0.1) is 6.61 Å². The van der Waals surface area contributed by atoms with Gasteiger partial charge in [0.25, 0.3) is 0 Å². The zero-order valence-corrected chi connectivity index (χ0v) is 13.4. The number of anilines is 1. The quantitative estimate of drug-likeness (QED) is 0.827. The minimum absolute atomic E-state index is 0.0891. The van der Waals surface area contributed by atoms with Crippen LogP contribution in [0.1, 0.15) is 20.1 Å². The number of halogens is 1. The Hall–Kier alpha value is -1.28. The maximum absolute atomic E-state index is 13.7. The average Bonchev–Trinajstić information content (AvgIpc) is 2.40. The van der Waals surface area contributed by atoms with E-state index in [0.717, 1.165) is 0 Å². The monoisotopic (exact) mass is 335 g/mol. The third-order valence-electron chi connectivity index (χ3n) is 3.22. The molecule has 10 heteroatoms. The lowest BCUT2D eigenvalue weighted by atomic mass is 10.1. The second-order valence-electron chi connectivity index (χ2n) is 5.13. The van der Waals surface area contributed by atoms with E-state index in [1.54, 1.807) is 6.92 Å². The Morgan fingerprint density at radius 3 is 2.86 bits per heavy atom. The largest absolute Gasteiger partial charge is 0.383 e. The fourth-order valence-corrected chi connectivity index (χ4v) is 3.36. The smallest absolute Gasteiger partial charge is 0.351 e. The Kier molecular flexibility index (Phi) is 5.01. The Morgan fingerprint density at radius 1 is 1.59 bits per heavy atom. The first-order chi connectivity index (χ1) is 10.2. The van der Waals surface area contributed by atoms with Gasteiger partial charge >= 0.3 is 13.3 Å². The molecule has 0 bridgehead atoms. The van der Waals surface area contributed by atoms with Gasteiger partial charge < -0.3 is 15.0 Å². The third-order valence-corrected chi connectivity index (χ3v) is 4.47. The fourth-order valence-electron chi connectivity index (χ4n) is 2.14. The van der Waals surface area contributed by atoms with Crippen molar-refractivity contribution in [3.8, 4) is 0 Å². The SMILES string of the molecule is CC(F)C1OP(C)(=O)OC[C@H]1O[C@H](C)n1ccc(N)nc1=O. The number of rotatable bonds is 4. The van der Waals surface area contributed by atoms with E-state index in [0.29, 0.717) is 0 Å². The molecule has 8 nitrogen and oxygen atoms in total. The fraction of sp³-hybridized carbons (Fsp3) is 0.667. The van der Waals surface area contributed by atoms with E-state index >= 15 is 0 Å². The molecule has 2 heterocycles. The van der Waals surface area contributed by atoms with E-state index in [1.165, 1.54) is 30.4 Å². The lowest BCUT2D eigenvalue weighted by Crippen LogP contribution is -2.45. The number of aromatic nitrogens is 2. The van der Waals surface area contributed by atoms with Crippen LogP contribution < -0.4 is 11.4 Å². The number of alkyl halides is 1. The molecule has 1 saturated heterocycles. The Bertz CT molecular complexity index is 637. The molecule has 2 N–H and O–H groups in total. The van der Waals surface area contributed by atoms with Crippen LogP contribution in [0.4, 0.5) is 10.2 Å². The highest BCUT2D eigenvalue weighted by atomic mass is 31.2. The average molecular weight is 335 g/mol. The summed E-state index contributed by atoms with van der Waals surface area (Å²) in [5, 5.41) is 0. The molecule has 124 valence electrons. The molecule has 5 atom stereocenters. The van der Waals surface area contributed by atoms with E-state index in [-0.39, 0.29) is 12.4 Å². The highest BCUT2D eigenvalue weighted by Crippen LogP contribution is 2.50. The van der Waals surface area contributed by atoms with Crippen molar-refractivity contribution < 1.29 is 22.7 Å². The first-order valence-electron chi connectivity index (χ1n) is 6.74. The molecule has 22 heavy (non-hydrogen) atoms. The highest BCUT2D eigenvalue weighted by Gasteiger charge is 2.41. The molecular formula is C12H19FN3O5P. The van der Waals surface area contributed by atoms with Crippen LogP contribution in [-0.4, -0.2) is 41.2 Å². The number of nitrogen functional groups attached to an aromatic ring is 1. The topological polar surface area (TPSA) is 106 Å². The van der Waals surface area contributed by atoms with Gasteiger partial charge in [-0.05, 0) is 19.9 Å². The van der Waals surface area contributed by atoms with Gasteiger partial charge in [0, 0.05) is 12.9 Å². The number of hydrogen-bond acceptors (Lipinski definition) is 7. The first kappa shape index (κ1) is 17.1. The molecular weight excluding hydrogens is 316 g/mol. The molecule has 2 rings (SSSR count). The molecule has 0 spiro atoms. The molecule has 3 unspecified atom stereocenters.